The van der Waals surface area contributed by atoms with Gasteiger partial charge in [-0.05, 0) is 51.1 Å². The maximum absolute atomic E-state index is 13.4. The van der Waals surface area contributed by atoms with Crippen LogP contribution in [-0.4, -0.2) is 56.2 Å². The predicted octanol–water partition coefficient (Wildman–Crippen LogP) is 3.71. The maximum Gasteiger partial charge on any atom is 0.410 e. The normalized spacial score (nSPS) is 15.0. The number of anilines is 2. The van der Waals surface area contributed by atoms with Crippen LogP contribution in [0.5, 0.6) is 0 Å². The van der Waals surface area contributed by atoms with Gasteiger partial charge in [0, 0.05) is 37.8 Å². The van der Waals surface area contributed by atoms with Gasteiger partial charge in [-0.25, -0.2) is 13.2 Å². The molecule has 0 bridgehead atoms. The van der Waals surface area contributed by atoms with E-state index in [-0.39, 0.29) is 21.6 Å². The van der Waals surface area contributed by atoms with Crippen molar-refractivity contribution < 1.29 is 17.9 Å². The molecule has 1 aliphatic heterocycles. The number of amides is 1. The number of carbonyl (C=O) groups is 1. The first-order valence-electron chi connectivity index (χ1n) is 10.8. The number of nitrogen functional groups attached to an aromatic ring is 1. The summed E-state index contributed by atoms with van der Waals surface area (Å²) in [6.07, 6.45) is 1.30. The van der Waals surface area contributed by atoms with Crippen LogP contribution in [0.15, 0.2) is 64.5 Å². The van der Waals surface area contributed by atoms with Crippen molar-refractivity contribution in [3.8, 4) is 0 Å². The summed E-state index contributed by atoms with van der Waals surface area (Å²) in [6.45, 7) is 7.58. The summed E-state index contributed by atoms with van der Waals surface area (Å²) in [5, 5.41) is 0.478. The number of sulfone groups is 1. The molecule has 0 radical (unpaired) electrons. The van der Waals surface area contributed by atoms with Crippen molar-refractivity contribution in [3.63, 3.8) is 0 Å². The zero-order chi connectivity index (χ0) is 23.8. The number of hydrogen-bond acceptors (Lipinski definition) is 7. The molecule has 2 heterocycles. The Hall–Kier alpha value is -3.33. The molecule has 0 saturated carbocycles. The predicted molar refractivity (Wildman–Crippen MR) is 128 cm³/mol. The third kappa shape index (κ3) is 4.59. The lowest BCUT2D eigenvalue weighted by Gasteiger charge is -2.37. The van der Waals surface area contributed by atoms with Crippen LogP contribution in [-0.2, 0) is 14.6 Å². The van der Waals surface area contributed by atoms with Crippen molar-refractivity contribution >= 4 is 38.2 Å². The van der Waals surface area contributed by atoms with Crippen molar-refractivity contribution in [2.24, 2.45) is 0 Å². The van der Waals surface area contributed by atoms with Gasteiger partial charge in [0.2, 0.25) is 9.84 Å². The highest BCUT2D eigenvalue weighted by Gasteiger charge is 2.29. The highest BCUT2D eigenvalue weighted by atomic mass is 32.2. The first-order valence-corrected chi connectivity index (χ1v) is 12.3. The minimum atomic E-state index is -3.83. The van der Waals surface area contributed by atoms with E-state index in [1.54, 1.807) is 59.6 Å². The summed E-state index contributed by atoms with van der Waals surface area (Å²) >= 11 is 0. The molecular formula is C24H28N4O4S. The van der Waals surface area contributed by atoms with Gasteiger partial charge < -0.3 is 20.3 Å². The zero-order valence-electron chi connectivity index (χ0n) is 19.0. The molecular weight excluding hydrogens is 440 g/mol. The van der Waals surface area contributed by atoms with Crippen molar-refractivity contribution in [1.29, 1.82) is 0 Å². The Balaban J connectivity index is 1.68. The molecule has 1 amide bonds. The first kappa shape index (κ1) is 22.8. The van der Waals surface area contributed by atoms with Gasteiger partial charge in [0.15, 0.2) is 0 Å². The van der Waals surface area contributed by atoms with E-state index in [0.717, 1.165) is 5.69 Å². The van der Waals surface area contributed by atoms with Crippen LogP contribution in [0.1, 0.15) is 20.8 Å². The van der Waals surface area contributed by atoms with Crippen molar-refractivity contribution in [3.05, 3.63) is 54.7 Å². The summed E-state index contributed by atoms with van der Waals surface area (Å²) in [5.74, 6) is 0. The molecule has 1 aliphatic rings. The van der Waals surface area contributed by atoms with Crippen LogP contribution in [0.25, 0.3) is 10.9 Å². The third-order valence-electron chi connectivity index (χ3n) is 5.44. The molecule has 1 saturated heterocycles. The Morgan fingerprint density at radius 3 is 2.33 bits per heavy atom. The Morgan fingerprint density at radius 1 is 1.03 bits per heavy atom. The van der Waals surface area contributed by atoms with Crippen molar-refractivity contribution in [2.75, 3.05) is 36.8 Å². The van der Waals surface area contributed by atoms with Gasteiger partial charge in [-0.2, -0.15) is 0 Å². The topological polar surface area (TPSA) is 106 Å². The summed E-state index contributed by atoms with van der Waals surface area (Å²) in [7, 11) is -3.83. The molecule has 0 unspecified atom stereocenters. The monoisotopic (exact) mass is 468 g/mol. The number of nitrogens with two attached hydrogens (primary N) is 1. The number of nitrogens with zero attached hydrogens (tertiary/aromatic N) is 3. The second-order valence-electron chi connectivity index (χ2n) is 8.98. The molecule has 8 nitrogen and oxygen atoms in total. The molecule has 2 aromatic carbocycles. The summed E-state index contributed by atoms with van der Waals surface area (Å²) in [4.78, 5) is 20.9. The number of benzene rings is 2. The van der Waals surface area contributed by atoms with Gasteiger partial charge >= 0.3 is 6.09 Å². The van der Waals surface area contributed by atoms with Crippen molar-refractivity contribution in [2.45, 2.75) is 36.2 Å². The lowest BCUT2D eigenvalue weighted by atomic mass is 10.1. The second-order valence-corrected chi connectivity index (χ2v) is 10.9. The number of ether oxygens (including phenoxy) is 1. The van der Waals surface area contributed by atoms with Crippen LogP contribution in [0, 0.1) is 0 Å². The van der Waals surface area contributed by atoms with Crippen molar-refractivity contribution in [1.82, 2.24) is 9.88 Å². The number of piperazine rings is 1. The minimum Gasteiger partial charge on any atom is -0.444 e. The quantitative estimate of drug-likeness (QED) is 0.584. The number of hydrogen-bond donors (Lipinski definition) is 1. The average molecular weight is 469 g/mol. The number of carbonyl (C=O) groups excluding carboxylic acids is 1. The highest BCUT2D eigenvalue weighted by Crippen LogP contribution is 2.38. The molecule has 1 fully saturated rings. The van der Waals surface area contributed by atoms with E-state index in [2.05, 4.69) is 9.88 Å². The third-order valence-corrected chi connectivity index (χ3v) is 7.33. The van der Waals surface area contributed by atoms with E-state index in [4.69, 9.17) is 10.5 Å². The molecule has 0 aliphatic carbocycles. The molecule has 1 aromatic heterocycles. The first-order chi connectivity index (χ1) is 15.6. The molecule has 0 atom stereocenters. The van der Waals surface area contributed by atoms with E-state index in [9.17, 15) is 13.2 Å². The number of fused-ring (bicyclic) bond motifs is 1. The van der Waals surface area contributed by atoms with Crippen LogP contribution in [0.3, 0.4) is 0 Å². The molecule has 174 valence electrons. The maximum atomic E-state index is 13.4. The highest BCUT2D eigenvalue weighted by molar-refractivity contribution is 7.92. The second kappa shape index (κ2) is 8.55. The Labute approximate surface area is 193 Å². The fourth-order valence-corrected chi connectivity index (χ4v) is 5.52. The molecule has 2 N–H and O–H groups in total. The Kier molecular flexibility index (Phi) is 5.92. The summed E-state index contributed by atoms with van der Waals surface area (Å²) in [6, 6.07) is 13.4. The fourth-order valence-electron chi connectivity index (χ4n) is 3.94. The van der Waals surface area contributed by atoms with Gasteiger partial charge in [-0.15, -0.1) is 0 Å². The SMILES string of the molecule is CC(C)(C)OC(=O)N1CCN(c2cc(N)c(S(=O)(=O)c3ccccc3)c3cccnc23)CC1. The standard InChI is InChI=1S/C24H28N4O4S/c1-24(2,3)32-23(29)28-14-12-27(13-15-28)20-16-19(25)22(18-10-7-11-26-21(18)20)33(30,31)17-8-5-4-6-9-17/h4-11,16H,12-15,25H2,1-3H3. The fraction of sp³-hybridized carbons (Fsp3) is 0.333. The van der Waals surface area contributed by atoms with E-state index >= 15 is 0 Å². The largest absolute Gasteiger partial charge is 0.444 e. The zero-order valence-corrected chi connectivity index (χ0v) is 19.8. The van der Waals surface area contributed by atoms with E-state index < -0.39 is 15.4 Å². The van der Waals surface area contributed by atoms with E-state index in [0.29, 0.717) is 37.1 Å². The number of pyridine rings is 1. The van der Waals surface area contributed by atoms with Crippen LogP contribution >= 0.6 is 0 Å². The van der Waals surface area contributed by atoms with Gasteiger partial charge in [0.25, 0.3) is 0 Å². The van der Waals surface area contributed by atoms with Gasteiger partial charge in [0.05, 0.1) is 21.8 Å². The smallest absolute Gasteiger partial charge is 0.410 e. The molecule has 0 spiro atoms. The molecule has 9 heteroatoms. The number of aromatic nitrogens is 1. The lowest BCUT2D eigenvalue weighted by molar-refractivity contribution is 0.0240. The van der Waals surface area contributed by atoms with Crippen LogP contribution < -0.4 is 10.6 Å². The van der Waals surface area contributed by atoms with Gasteiger partial charge in [-0.1, -0.05) is 18.2 Å². The minimum absolute atomic E-state index is 0.0629. The van der Waals surface area contributed by atoms with E-state index in [1.807, 2.05) is 20.8 Å². The van der Waals surface area contributed by atoms with Gasteiger partial charge in [-0.3, -0.25) is 4.98 Å². The Morgan fingerprint density at radius 2 is 1.70 bits per heavy atom. The average Bonchev–Trinajstić information content (AvgIpc) is 2.78. The number of rotatable bonds is 3. The van der Waals surface area contributed by atoms with Crippen LogP contribution in [0.2, 0.25) is 0 Å². The Bertz CT molecular complexity index is 1280. The lowest BCUT2D eigenvalue weighted by Crippen LogP contribution is -2.50. The van der Waals surface area contributed by atoms with Gasteiger partial charge in [0.1, 0.15) is 10.5 Å². The van der Waals surface area contributed by atoms with Crippen LogP contribution in [0.4, 0.5) is 16.2 Å². The summed E-state index contributed by atoms with van der Waals surface area (Å²) in [5.41, 5.74) is 7.27. The molecule has 4 rings (SSSR count). The molecule has 33 heavy (non-hydrogen) atoms. The van der Waals surface area contributed by atoms with E-state index in [1.165, 1.54) is 0 Å². The summed E-state index contributed by atoms with van der Waals surface area (Å²) < 4.78 is 32.3. The molecule has 3 aromatic rings.